The van der Waals surface area contributed by atoms with Crippen molar-refractivity contribution in [2.75, 3.05) is 0 Å². The van der Waals surface area contributed by atoms with Crippen LogP contribution in [-0.2, 0) is 25.8 Å². The van der Waals surface area contributed by atoms with E-state index in [-0.39, 0.29) is 50.7 Å². The molecule has 0 saturated heterocycles. The van der Waals surface area contributed by atoms with Crippen molar-refractivity contribution in [3.05, 3.63) is 22.9 Å². The van der Waals surface area contributed by atoms with Crippen molar-refractivity contribution in [1.82, 2.24) is 0 Å². The Bertz CT molecular complexity index is 229. The first kappa shape index (κ1) is 21.4. The van der Waals surface area contributed by atoms with E-state index in [1.165, 1.54) is 18.0 Å². The predicted octanol–water partition coefficient (Wildman–Crippen LogP) is 4.56. The molecule has 0 aromatic carbocycles. The molecule has 88 valence electrons. The molecule has 15 heavy (non-hydrogen) atoms. The zero-order chi connectivity index (χ0) is 9.19. The summed E-state index contributed by atoms with van der Waals surface area (Å²) in [6, 6.07) is 0. The summed E-state index contributed by atoms with van der Waals surface area (Å²) in [5.74, 6) is 0. The summed E-state index contributed by atoms with van der Waals surface area (Å²) < 4.78 is 0. The van der Waals surface area contributed by atoms with Crippen LogP contribution in [0.5, 0.6) is 0 Å². The number of hydrogen-bond acceptors (Lipinski definition) is 0. The Hall–Kier alpha value is 1.15. The molecule has 0 aromatic rings. The van der Waals surface area contributed by atoms with Crippen molar-refractivity contribution in [3.8, 4) is 0 Å². The number of halogens is 2. The Morgan fingerprint density at radius 1 is 1.27 bits per heavy atom. The summed E-state index contributed by atoms with van der Waals surface area (Å²) >= 11 is 0. The predicted molar refractivity (Wildman–Crippen MR) is 72.2 cm³/mol. The van der Waals surface area contributed by atoms with E-state index < -0.39 is 8.07 Å². The van der Waals surface area contributed by atoms with Crippen LogP contribution in [0.15, 0.2) is 16.8 Å². The molecule has 0 fully saturated rings. The topological polar surface area (TPSA) is 0 Å². The molecule has 0 N–H and O–H groups in total. The second kappa shape index (κ2) is 9.21. The van der Waals surface area contributed by atoms with E-state index >= 15 is 0 Å². The summed E-state index contributed by atoms with van der Waals surface area (Å²) in [6.45, 7) is 9.41. The van der Waals surface area contributed by atoms with Gasteiger partial charge in [-0.25, -0.2) is 11.3 Å². The summed E-state index contributed by atoms with van der Waals surface area (Å²) in [5.41, 5.74) is 1.59. The standard InChI is InChI=1S/C11H19Si.2ClH.Hf/c1-5-6-10-7-8-11(9-10)12(2,3)4;;;/h9H,5-7H2,1-4H3;2*1H;/q-1;;;. The largest absolute Gasteiger partial charge is 0.273 e. The molecule has 0 unspecified atom stereocenters. The minimum absolute atomic E-state index is 0. The summed E-state index contributed by atoms with van der Waals surface area (Å²) in [4.78, 5) is 0. The van der Waals surface area contributed by atoms with Gasteiger partial charge in [0.15, 0.2) is 0 Å². The fourth-order valence-corrected chi connectivity index (χ4v) is 2.73. The Kier molecular flexibility index (Phi) is 13.2. The normalized spacial score (nSPS) is 14.1. The van der Waals surface area contributed by atoms with Crippen LogP contribution in [0.3, 0.4) is 0 Å². The first-order valence-electron chi connectivity index (χ1n) is 4.85. The van der Waals surface area contributed by atoms with Crippen LogP contribution >= 0.6 is 24.8 Å². The molecule has 4 heteroatoms. The molecular weight excluding hydrogens is 410 g/mol. The smallest absolute Gasteiger partial charge is 0.0393 e. The quantitative estimate of drug-likeness (QED) is 0.455. The van der Waals surface area contributed by atoms with Gasteiger partial charge < -0.3 is 0 Å². The maximum Gasteiger partial charge on any atom is 0.0393 e. The molecule has 0 aliphatic heterocycles. The van der Waals surface area contributed by atoms with Gasteiger partial charge in [0.1, 0.15) is 0 Å². The SMILES string of the molecule is CCCC1=CC([Si](C)(C)C)=[C-]C1.Cl.Cl.[Hf]. The second-order valence-electron chi connectivity index (χ2n) is 4.57. The second-order valence-corrected chi connectivity index (χ2v) is 9.61. The molecule has 0 spiro atoms. The van der Waals surface area contributed by atoms with Gasteiger partial charge in [0, 0.05) is 33.9 Å². The van der Waals surface area contributed by atoms with Crippen LogP contribution in [0.1, 0.15) is 26.2 Å². The minimum atomic E-state index is -1.07. The van der Waals surface area contributed by atoms with Gasteiger partial charge in [-0.2, -0.15) is 5.57 Å². The average Bonchev–Trinajstić information content (AvgIpc) is 2.35. The van der Waals surface area contributed by atoms with Crippen LogP contribution in [0, 0.1) is 6.08 Å². The van der Waals surface area contributed by atoms with Gasteiger partial charge >= 0.3 is 0 Å². The molecule has 0 atom stereocenters. The van der Waals surface area contributed by atoms with Crippen molar-refractivity contribution < 1.29 is 25.8 Å². The number of allylic oxidation sites excluding steroid dienone is 4. The molecule has 0 bridgehead atoms. The van der Waals surface area contributed by atoms with Gasteiger partial charge in [-0.05, 0) is 6.42 Å². The van der Waals surface area contributed by atoms with Crippen LogP contribution in [0.4, 0.5) is 0 Å². The monoisotopic (exact) mass is 431 g/mol. The molecule has 1 aliphatic carbocycles. The number of hydrogen-bond donors (Lipinski definition) is 0. The van der Waals surface area contributed by atoms with Crippen LogP contribution < -0.4 is 0 Å². The first-order valence-corrected chi connectivity index (χ1v) is 8.35. The van der Waals surface area contributed by atoms with Crippen molar-refractivity contribution in [1.29, 1.82) is 0 Å². The summed E-state index contributed by atoms with van der Waals surface area (Å²) in [7, 11) is -1.07. The Labute approximate surface area is 127 Å². The Morgan fingerprint density at radius 2 is 1.80 bits per heavy atom. The van der Waals surface area contributed by atoms with E-state index in [1.807, 2.05) is 0 Å². The molecule has 0 heterocycles. The van der Waals surface area contributed by atoms with Crippen molar-refractivity contribution >= 4 is 32.9 Å². The van der Waals surface area contributed by atoms with E-state index in [4.69, 9.17) is 0 Å². The van der Waals surface area contributed by atoms with E-state index in [1.54, 1.807) is 5.57 Å². The van der Waals surface area contributed by atoms with Crippen molar-refractivity contribution in [3.63, 3.8) is 0 Å². The van der Waals surface area contributed by atoms with Crippen molar-refractivity contribution in [2.45, 2.75) is 45.8 Å². The van der Waals surface area contributed by atoms with Gasteiger partial charge in [-0.3, -0.25) is 6.08 Å². The van der Waals surface area contributed by atoms with Crippen LogP contribution in [-0.4, -0.2) is 8.07 Å². The zero-order valence-electron chi connectivity index (χ0n) is 10.0. The molecule has 0 amide bonds. The van der Waals surface area contributed by atoms with E-state index in [9.17, 15) is 0 Å². The van der Waals surface area contributed by atoms with Gasteiger partial charge in [-0.15, -0.1) is 31.2 Å². The molecule has 1 rings (SSSR count). The van der Waals surface area contributed by atoms with Crippen LogP contribution in [0.25, 0.3) is 0 Å². The summed E-state index contributed by atoms with van der Waals surface area (Å²) in [5, 5.41) is 1.53. The molecule has 0 saturated carbocycles. The third-order valence-corrected chi connectivity index (χ3v) is 4.17. The molecule has 0 aromatic heterocycles. The molecule has 0 radical (unpaired) electrons. The van der Waals surface area contributed by atoms with Gasteiger partial charge in [0.25, 0.3) is 0 Å². The third-order valence-electron chi connectivity index (χ3n) is 2.23. The van der Waals surface area contributed by atoms with Gasteiger partial charge in [-0.1, -0.05) is 33.0 Å². The fourth-order valence-electron chi connectivity index (χ4n) is 1.48. The average molecular weight is 431 g/mol. The maximum absolute atomic E-state index is 3.52. The van der Waals surface area contributed by atoms with E-state index in [0.29, 0.717) is 0 Å². The van der Waals surface area contributed by atoms with Gasteiger partial charge in [0.05, 0.1) is 0 Å². The maximum atomic E-state index is 3.52. The van der Waals surface area contributed by atoms with Crippen molar-refractivity contribution in [2.24, 2.45) is 0 Å². The summed E-state index contributed by atoms with van der Waals surface area (Å²) in [6.07, 6.45) is 9.56. The Morgan fingerprint density at radius 3 is 2.13 bits per heavy atom. The van der Waals surface area contributed by atoms with Crippen LogP contribution in [0.2, 0.25) is 19.6 Å². The molecule has 0 nitrogen and oxygen atoms in total. The zero-order valence-corrected chi connectivity index (χ0v) is 16.2. The van der Waals surface area contributed by atoms with E-state index in [0.717, 1.165) is 6.42 Å². The minimum Gasteiger partial charge on any atom is -0.273 e. The first-order chi connectivity index (χ1) is 5.54. The molecular formula is C11H21Cl2HfSi-. The third kappa shape index (κ3) is 7.14. The van der Waals surface area contributed by atoms with E-state index in [2.05, 4.69) is 38.7 Å². The molecule has 1 aliphatic rings. The fraction of sp³-hybridized carbons (Fsp3) is 0.636. The Balaban J connectivity index is -0.000000480. The van der Waals surface area contributed by atoms with Gasteiger partial charge in [0.2, 0.25) is 0 Å². The number of rotatable bonds is 3.